The number of nitrogens with two attached hydrogens (primary N) is 3. The van der Waals surface area contributed by atoms with E-state index in [0.717, 1.165) is 5.56 Å². The molecule has 1 saturated heterocycles. The van der Waals surface area contributed by atoms with Crippen molar-refractivity contribution in [3.8, 4) is 0 Å². The van der Waals surface area contributed by atoms with Crippen molar-refractivity contribution in [2.75, 3.05) is 18.8 Å². The van der Waals surface area contributed by atoms with Crippen LogP contribution in [0.2, 0.25) is 0 Å². The van der Waals surface area contributed by atoms with Crippen LogP contribution in [0.15, 0.2) is 35.3 Å². The molecular weight excluding hydrogens is 486 g/mol. The predicted octanol–water partition coefficient (Wildman–Crippen LogP) is -1.41. The first-order chi connectivity index (χ1) is 17.1. The molecule has 1 aromatic carbocycles. The van der Waals surface area contributed by atoms with Crippen molar-refractivity contribution in [1.82, 2.24) is 15.5 Å². The summed E-state index contributed by atoms with van der Waals surface area (Å²) in [6, 6.07) is 5.09. The molecule has 0 spiro atoms. The highest BCUT2D eigenvalue weighted by atomic mass is 32.1. The average Bonchev–Trinajstić information content (AvgIpc) is 3.34. The molecule has 0 saturated carbocycles. The van der Waals surface area contributed by atoms with Crippen molar-refractivity contribution < 1.29 is 24.3 Å². The molecule has 0 bridgehead atoms. The second-order valence-corrected chi connectivity index (χ2v) is 8.94. The minimum Gasteiger partial charge on any atom is -0.480 e. The lowest BCUT2D eigenvalue weighted by atomic mass is 10.1. The maximum atomic E-state index is 13.2. The van der Waals surface area contributed by atoms with Gasteiger partial charge in [-0.25, -0.2) is 4.79 Å². The zero-order valence-corrected chi connectivity index (χ0v) is 20.9. The molecular formula is C23H35N7O5S. The van der Waals surface area contributed by atoms with E-state index in [1.165, 1.54) is 4.90 Å². The van der Waals surface area contributed by atoms with Crippen LogP contribution in [0.4, 0.5) is 0 Å². The summed E-state index contributed by atoms with van der Waals surface area (Å²) in [4.78, 5) is 55.6. The predicted molar refractivity (Wildman–Crippen MR) is 138 cm³/mol. The number of amides is 3. The molecule has 13 heteroatoms. The maximum Gasteiger partial charge on any atom is 0.326 e. The first kappa shape index (κ1) is 28.9. The highest BCUT2D eigenvalue weighted by Gasteiger charge is 2.38. The zero-order valence-electron chi connectivity index (χ0n) is 20.0. The number of hydrogen-bond donors (Lipinski definition) is 7. The van der Waals surface area contributed by atoms with E-state index in [1.54, 1.807) is 24.3 Å². The number of rotatable bonds is 13. The van der Waals surface area contributed by atoms with E-state index in [0.29, 0.717) is 38.8 Å². The quantitative estimate of drug-likeness (QED) is 0.0708. The molecule has 0 radical (unpaired) electrons. The summed E-state index contributed by atoms with van der Waals surface area (Å²) < 4.78 is 0. The van der Waals surface area contributed by atoms with E-state index < -0.39 is 47.9 Å². The van der Waals surface area contributed by atoms with Crippen LogP contribution in [-0.4, -0.2) is 82.7 Å². The lowest BCUT2D eigenvalue weighted by Gasteiger charge is -2.29. The number of carboxylic acids is 1. The molecule has 12 nitrogen and oxygen atoms in total. The molecule has 1 heterocycles. The summed E-state index contributed by atoms with van der Waals surface area (Å²) in [6.07, 6.45) is 1.85. The van der Waals surface area contributed by atoms with Crippen LogP contribution in [0.25, 0.3) is 0 Å². The molecule has 1 aromatic rings. The number of aliphatic imine (C=N–C) groups is 1. The fourth-order valence-electron chi connectivity index (χ4n) is 3.94. The molecule has 3 amide bonds. The first-order valence-electron chi connectivity index (χ1n) is 11.7. The largest absolute Gasteiger partial charge is 0.480 e. The molecule has 2 rings (SSSR count). The number of hydrogen-bond acceptors (Lipinski definition) is 7. The Morgan fingerprint density at radius 3 is 2.44 bits per heavy atom. The Morgan fingerprint density at radius 2 is 1.83 bits per heavy atom. The Labute approximate surface area is 215 Å². The number of thiol groups is 1. The Bertz CT molecular complexity index is 942. The van der Waals surface area contributed by atoms with E-state index in [4.69, 9.17) is 17.2 Å². The summed E-state index contributed by atoms with van der Waals surface area (Å²) >= 11 is 4.19. The molecule has 4 atom stereocenters. The van der Waals surface area contributed by atoms with Crippen LogP contribution in [0.5, 0.6) is 0 Å². The standard InChI is InChI=1S/C23H35N7O5S/c24-15(8-4-10-27-23(25)26)19(31)29-17(13-36)21(33)30-11-5-9-18(30)20(32)28-16(22(34)35)12-14-6-2-1-3-7-14/h1-3,6-7,15-18,36H,4-5,8-13,24H2,(H,28,32)(H,29,31)(H,34,35)(H4,25,26,27). The van der Waals surface area contributed by atoms with Crippen molar-refractivity contribution in [2.24, 2.45) is 22.2 Å². The smallest absolute Gasteiger partial charge is 0.326 e. The third kappa shape index (κ3) is 8.72. The van der Waals surface area contributed by atoms with Crippen LogP contribution in [0.1, 0.15) is 31.2 Å². The number of guanidine groups is 1. The van der Waals surface area contributed by atoms with Gasteiger partial charge in [0.2, 0.25) is 17.7 Å². The Hall–Kier alpha value is -3.32. The van der Waals surface area contributed by atoms with E-state index >= 15 is 0 Å². The molecule has 0 aromatic heterocycles. The summed E-state index contributed by atoms with van der Waals surface area (Å²) in [5.74, 6) is -2.77. The minimum absolute atomic E-state index is 0.00188. The number of aliphatic carboxylic acids is 1. The Morgan fingerprint density at radius 1 is 1.14 bits per heavy atom. The van der Waals surface area contributed by atoms with Crippen molar-refractivity contribution in [3.63, 3.8) is 0 Å². The van der Waals surface area contributed by atoms with Gasteiger partial charge >= 0.3 is 5.97 Å². The van der Waals surface area contributed by atoms with Gasteiger partial charge in [-0.2, -0.15) is 12.6 Å². The van der Waals surface area contributed by atoms with Gasteiger partial charge in [0.15, 0.2) is 5.96 Å². The monoisotopic (exact) mass is 521 g/mol. The molecule has 0 aliphatic carbocycles. The highest BCUT2D eigenvalue weighted by Crippen LogP contribution is 2.19. The average molecular weight is 522 g/mol. The number of nitrogens with zero attached hydrogens (tertiary/aromatic N) is 2. The van der Waals surface area contributed by atoms with Crippen molar-refractivity contribution in [2.45, 2.75) is 56.3 Å². The summed E-state index contributed by atoms with van der Waals surface area (Å²) in [5, 5.41) is 14.8. The molecule has 4 unspecified atom stereocenters. The van der Waals surface area contributed by atoms with Gasteiger partial charge in [0, 0.05) is 25.3 Å². The van der Waals surface area contributed by atoms with E-state index in [1.807, 2.05) is 6.07 Å². The van der Waals surface area contributed by atoms with Gasteiger partial charge in [0.25, 0.3) is 0 Å². The minimum atomic E-state index is -1.17. The third-order valence-corrected chi connectivity index (χ3v) is 6.20. The van der Waals surface area contributed by atoms with E-state index in [-0.39, 0.29) is 18.1 Å². The van der Waals surface area contributed by atoms with Gasteiger partial charge in [-0.1, -0.05) is 30.3 Å². The van der Waals surface area contributed by atoms with Gasteiger partial charge < -0.3 is 37.8 Å². The molecule has 9 N–H and O–H groups in total. The lowest BCUT2D eigenvalue weighted by Crippen LogP contribution is -2.57. The maximum absolute atomic E-state index is 13.2. The SMILES string of the molecule is NC(N)=NCCCC(N)C(=O)NC(CS)C(=O)N1CCCC1C(=O)NC(Cc1ccccc1)C(=O)O. The Balaban J connectivity index is 1.98. The van der Waals surface area contributed by atoms with Crippen LogP contribution >= 0.6 is 12.6 Å². The number of nitrogens with one attached hydrogen (secondary N) is 2. The summed E-state index contributed by atoms with van der Waals surface area (Å²) in [7, 11) is 0. The van der Waals surface area contributed by atoms with E-state index in [9.17, 15) is 24.3 Å². The molecule has 1 fully saturated rings. The van der Waals surface area contributed by atoms with Crippen LogP contribution in [-0.2, 0) is 25.6 Å². The molecule has 1 aliphatic rings. The second kappa shape index (κ2) is 14.3. The molecule has 1 aliphatic heterocycles. The van der Waals surface area contributed by atoms with Gasteiger partial charge in [-0.15, -0.1) is 0 Å². The number of carboxylic acid groups (broad SMARTS) is 1. The van der Waals surface area contributed by atoms with Gasteiger partial charge in [-0.3, -0.25) is 19.4 Å². The molecule has 36 heavy (non-hydrogen) atoms. The summed E-state index contributed by atoms with van der Waals surface area (Å²) in [5.41, 5.74) is 17.2. The second-order valence-electron chi connectivity index (χ2n) is 8.58. The summed E-state index contributed by atoms with van der Waals surface area (Å²) in [6.45, 7) is 0.627. The number of benzene rings is 1. The zero-order chi connectivity index (χ0) is 26.7. The van der Waals surface area contributed by atoms with Gasteiger partial charge in [0.05, 0.1) is 6.04 Å². The highest BCUT2D eigenvalue weighted by molar-refractivity contribution is 7.80. The first-order valence-corrected chi connectivity index (χ1v) is 12.4. The fourth-order valence-corrected chi connectivity index (χ4v) is 4.18. The Kier molecular flexibility index (Phi) is 11.5. The number of carbonyl (C=O) groups excluding carboxylic acids is 3. The lowest BCUT2D eigenvalue weighted by molar-refractivity contribution is -0.144. The van der Waals surface area contributed by atoms with Crippen LogP contribution in [0.3, 0.4) is 0 Å². The van der Waals surface area contributed by atoms with Crippen molar-refractivity contribution >= 4 is 42.3 Å². The van der Waals surface area contributed by atoms with Crippen molar-refractivity contribution in [1.29, 1.82) is 0 Å². The van der Waals surface area contributed by atoms with Crippen LogP contribution in [0, 0.1) is 0 Å². The van der Waals surface area contributed by atoms with Crippen molar-refractivity contribution in [3.05, 3.63) is 35.9 Å². The number of carbonyl (C=O) groups is 4. The van der Waals surface area contributed by atoms with Crippen LogP contribution < -0.4 is 27.8 Å². The topological polar surface area (TPSA) is 206 Å². The van der Waals surface area contributed by atoms with Gasteiger partial charge in [0.1, 0.15) is 18.1 Å². The fraction of sp³-hybridized carbons (Fsp3) is 0.522. The van der Waals surface area contributed by atoms with E-state index in [2.05, 4.69) is 28.3 Å². The number of likely N-dealkylation sites (tertiary alicyclic amines) is 1. The molecule has 198 valence electrons. The van der Waals surface area contributed by atoms with Gasteiger partial charge in [-0.05, 0) is 31.2 Å². The third-order valence-electron chi connectivity index (χ3n) is 5.84. The normalized spacial score (nSPS) is 17.5.